The number of rotatable bonds is 6. The molecule has 2 aromatic rings. The van der Waals surface area contributed by atoms with Crippen molar-refractivity contribution in [2.45, 2.75) is 32.2 Å². The lowest BCUT2D eigenvalue weighted by Gasteiger charge is -2.24. The molecule has 1 aromatic heterocycles. The SMILES string of the molecule is CC(C)(CCO)NC(=O)Nc1nnc(Cc2cccc(F)c2)s1. The number of halogens is 1. The Balaban J connectivity index is 1.93. The molecule has 0 unspecified atom stereocenters. The third-order valence-corrected chi connectivity index (χ3v) is 3.96. The van der Waals surface area contributed by atoms with Gasteiger partial charge < -0.3 is 10.4 Å². The van der Waals surface area contributed by atoms with Crippen molar-refractivity contribution < 1.29 is 14.3 Å². The molecule has 0 fully saturated rings. The number of aliphatic hydroxyl groups is 1. The molecule has 1 aromatic carbocycles. The first-order valence-electron chi connectivity index (χ1n) is 7.15. The number of nitrogens with one attached hydrogen (secondary N) is 2. The number of nitrogens with zero attached hydrogens (tertiary/aromatic N) is 2. The predicted octanol–water partition coefficient (Wildman–Crippen LogP) is 2.55. The Hall–Kier alpha value is -2.06. The van der Waals surface area contributed by atoms with Gasteiger partial charge in [-0.3, -0.25) is 5.32 Å². The van der Waals surface area contributed by atoms with E-state index in [1.807, 2.05) is 19.9 Å². The Morgan fingerprint density at radius 1 is 1.39 bits per heavy atom. The van der Waals surface area contributed by atoms with Crippen molar-refractivity contribution in [3.8, 4) is 0 Å². The van der Waals surface area contributed by atoms with Crippen molar-refractivity contribution in [3.05, 3.63) is 40.7 Å². The van der Waals surface area contributed by atoms with Gasteiger partial charge in [-0.1, -0.05) is 23.5 Å². The second-order valence-corrected chi connectivity index (χ2v) is 6.81. The highest BCUT2D eigenvalue weighted by atomic mass is 32.1. The Morgan fingerprint density at radius 2 is 2.17 bits per heavy atom. The van der Waals surface area contributed by atoms with Crippen LogP contribution < -0.4 is 10.6 Å². The van der Waals surface area contributed by atoms with Gasteiger partial charge in [-0.25, -0.2) is 9.18 Å². The summed E-state index contributed by atoms with van der Waals surface area (Å²) < 4.78 is 13.2. The number of aliphatic hydroxyl groups excluding tert-OH is 1. The summed E-state index contributed by atoms with van der Waals surface area (Å²) >= 11 is 1.24. The summed E-state index contributed by atoms with van der Waals surface area (Å²) in [7, 11) is 0. The average molecular weight is 338 g/mol. The van der Waals surface area contributed by atoms with E-state index in [-0.39, 0.29) is 12.4 Å². The molecule has 0 saturated heterocycles. The second-order valence-electron chi connectivity index (χ2n) is 5.74. The molecule has 0 atom stereocenters. The lowest BCUT2D eigenvalue weighted by molar-refractivity contribution is 0.218. The molecular weight excluding hydrogens is 319 g/mol. The minimum atomic E-state index is -0.520. The van der Waals surface area contributed by atoms with Crippen LogP contribution in [0.1, 0.15) is 30.8 Å². The van der Waals surface area contributed by atoms with Crippen LogP contribution in [0.2, 0.25) is 0 Å². The molecule has 0 bridgehead atoms. The van der Waals surface area contributed by atoms with Crippen LogP contribution in [-0.4, -0.2) is 33.5 Å². The van der Waals surface area contributed by atoms with Crippen LogP contribution in [0.5, 0.6) is 0 Å². The Kier molecular flexibility index (Phi) is 5.62. The van der Waals surface area contributed by atoms with Gasteiger partial charge in [0.05, 0.1) is 0 Å². The van der Waals surface area contributed by atoms with Gasteiger partial charge >= 0.3 is 6.03 Å². The topological polar surface area (TPSA) is 87.1 Å². The summed E-state index contributed by atoms with van der Waals surface area (Å²) in [4.78, 5) is 11.9. The largest absolute Gasteiger partial charge is 0.396 e. The van der Waals surface area contributed by atoms with Crippen LogP contribution in [0.15, 0.2) is 24.3 Å². The summed E-state index contributed by atoms with van der Waals surface area (Å²) in [6.07, 6.45) is 0.899. The number of hydrogen-bond acceptors (Lipinski definition) is 5. The minimum absolute atomic E-state index is 0.0100. The van der Waals surface area contributed by atoms with Crippen LogP contribution in [0, 0.1) is 5.82 Å². The molecule has 0 aliphatic rings. The first-order valence-corrected chi connectivity index (χ1v) is 7.96. The lowest BCUT2D eigenvalue weighted by Crippen LogP contribution is -2.46. The molecule has 1 heterocycles. The molecule has 0 aliphatic heterocycles. The number of amides is 2. The van der Waals surface area contributed by atoms with Crippen molar-refractivity contribution >= 4 is 22.5 Å². The fourth-order valence-electron chi connectivity index (χ4n) is 1.97. The predicted molar refractivity (Wildman–Crippen MR) is 87.1 cm³/mol. The van der Waals surface area contributed by atoms with Crippen molar-refractivity contribution in [3.63, 3.8) is 0 Å². The van der Waals surface area contributed by atoms with Gasteiger partial charge in [0.1, 0.15) is 10.8 Å². The number of benzene rings is 1. The summed E-state index contributed by atoms with van der Waals surface area (Å²) in [5.41, 5.74) is 0.273. The van der Waals surface area contributed by atoms with Gasteiger partial charge in [0.25, 0.3) is 0 Å². The molecule has 0 aliphatic carbocycles. The van der Waals surface area contributed by atoms with Gasteiger partial charge in [-0.15, -0.1) is 10.2 Å². The highest BCUT2D eigenvalue weighted by Crippen LogP contribution is 2.19. The summed E-state index contributed by atoms with van der Waals surface area (Å²) in [6, 6.07) is 5.87. The highest BCUT2D eigenvalue weighted by Gasteiger charge is 2.20. The van der Waals surface area contributed by atoms with Crippen molar-refractivity contribution in [1.82, 2.24) is 15.5 Å². The fraction of sp³-hybridized carbons (Fsp3) is 0.400. The molecule has 0 spiro atoms. The van der Waals surface area contributed by atoms with E-state index in [1.165, 1.54) is 23.5 Å². The zero-order valence-corrected chi connectivity index (χ0v) is 13.8. The summed E-state index contributed by atoms with van der Waals surface area (Å²) in [5, 5.41) is 23.3. The Morgan fingerprint density at radius 3 is 2.87 bits per heavy atom. The van der Waals surface area contributed by atoms with Crippen molar-refractivity contribution in [1.29, 1.82) is 0 Å². The maximum absolute atomic E-state index is 13.2. The molecule has 6 nitrogen and oxygen atoms in total. The number of aromatic nitrogens is 2. The van der Waals surface area contributed by atoms with E-state index >= 15 is 0 Å². The van der Waals surface area contributed by atoms with E-state index in [9.17, 15) is 9.18 Å². The molecular formula is C15H19FN4O2S. The van der Waals surface area contributed by atoms with E-state index in [2.05, 4.69) is 20.8 Å². The van der Waals surface area contributed by atoms with Crippen LogP contribution >= 0.6 is 11.3 Å². The van der Waals surface area contributed by atoms with E-state index in [0.29, 0.717) is 23.0 Å². The first kappa shape index (κ1) is 17.3. The number of carbonyl (C=O) groups is 1. The van der Waals surface area contributed by atoms with Crippen LogP contribution in [0.4, 0.5) is 14.3 Å². The average Bonchev–Trinajstić information content (AvgIpc) is 2.84. The molecule has 124 valence electrons. The van der Waals surface area contributed by atoms with Crippen LogP contribution in [0.3, 0.4) is 0 Å². The maximum atomic E-state index is 13.2. The van der Waals surface area contributed by atoms with E-state index in [4.69, 9.17) is 5.11 Å². The van der Waals surface area contributed by atoms with Crippen LogP contribution in [-0.2, 0) is 6.42 Å². The molecule has 23 heavy (non-hydrogen) atoms. The third-order valence-electron chi connectivity index (χ3n) is 3.12. The zero-order valence-electron chi connectivity index (χ0n) is 13.0. The normalized spacial score (nSPS) is 11.3. The zero-order chi connectivity index (χ0) is 16.9. The van der Waals surface area contributed by atoms with Crippen molar-refractivity contribution in [2.24, 2.45) is 0 Å². The molecule has 2 amide bonds. The number of anilines is 1. The van der Waals surface area contributed by atoms with E-state index < -0.39 is 11.6 Å². The Bertz CT molecular complexity index is 675. The van der Waals surface area contributed by atoms with Gasteiger partial charge in [-0.05, 0) is 38.0 Å². The summed E-state index contributed by atoms with van der Waals surface area (Å²) in [6.45, 7) is 3.63. The van der Waals surface area contributed by atoms with Gasteiger partial charge in [0.2, 0.25) is 5.13 Å². The Labute approximate surface area is 137 Å². The van der Waals surface area contributed by atoms with E-state index in [0.717, 1.165) is 5.56 Å². The second kappa shape index (κ2) is 7.47. The first-order chi connectivity index (χ1) is 10.9. The quantitative estimate of drug-likeness (QED) is 0.755. The molecule has 8 heteroatoms. The number of hydrogen-bond donors (Lipinski definition) is 3. The highest BCUT2D eigenvalue weighted by molar-refractivity contribution is 7.15. The fourth-order valence-corrected chi connectivity index (χ4v) is 2.74. The van der Waals surface area contributed by atoms with Gasteiger partial charge in [0.15, 0.2) is 0 Å². The number of urea groups is 1. The maximum Gasteiger partial charge on any atom is 0.321 e. The van der Waals surface area contributed by atoms with E-state index in [1.54, 1.807) is 6.07 Å². The smallest absolute Gasteiger partial charge is 0.321 e. The van der Waals surface area contributed by atoms with Gasteiger partial charge in [0, 0.05) is 18.6 Å². The molecule has 2 rings (SSSR count). The standard InChI is InChI=1S/C15H19FN4O2S/c1-15(2,6-7-21)18-13(22)17-14-20-19-12(23-14)9-10-4-3-5-11(16)8-10/h3-5,8,21H,6-7,9H2,1-2H3,(H2,17,18,20,22). The molecule has 0 radical (unpaired) electrons. The molecule has 0 saturated carbocycles. The lowest BCUT2D eigenvalue weighted by atomic mass is 10.0. The minimum Gasteiger partial charge on any atom is -0.396 e. The molecule has 3 N–H and O–H groups in total. The van der Waals surface area contributed by atoms with Crippen molar-refractivity contribution in [2.75, 3.05) is 11.9 Å². The summed E-state index contributed by atoms with van der Waals surface area (Å²) in [5.74, 6) is -0.296. The van der Waals surface area contributed by atoms with Crippen LogP contribution in [0.25, 0.3) is 0 Å². The number of carbonyl (C=O) groups excluding carboxylic acids is 1. The monoisotopic (exact) mass is 338 g/mol. The van der Waals surface area contributed by atoms with Gasteiger partial charge in [-0.2, -0.15) is 0 Å². The third kappa shape index (κ3) is 5.57.